The maximum absolute atomic E-state index is 14.1. The molecule has 0 amide bonds. The van der Waals surface area contributed by atoms with Crippen LogP contribution in [0.2, 0.25) is 0 Å². The molecule has 0 aliphatic rings. The van der Waals surface area contributed by atoms with Crippen molar-refractivity contribution in [2.45, 2.75) is 13.2 Å². The molecule has 0 unspecified atom stereocenters. The first-order valence-electron chi connectivity index (χ1n) is 10.4. The lowest BCUT2D eigenvalue weighted by molar-refractivity contribution is 0.288. The molecule has 0 bridgehead atoms. The van der Waals surface area contributed by atoms with Crippen LogP contribution in [0.4, 0.5) is 8.78 Å². The molecule has 0 spiro atoms. The van der Waals surface area contributed by atoms with E-state index in [-0.39, 0.29) is 32.4 Å². The molecular weight excluding hydrogens is 425 g/mol. The van der Waals surface area contributed by atoms with Crippen LogP contribution in [0.5, 0.6) is 23.0 Å². The number of hydrogen-bond acceptors (Lipinski definition) is 4. The standard InChI is InChI=1S/C26H21BF2O4/c28-23-13-11-21(15-25(23)30-17-19-7-3-1-4-8-19)32-27-33-22-12-14-24(29)26(16-22)31-18-20-9-5-2-6-10-20/h1-16,27H,17-18H2. The Labute approximate surface area is 191 Å². The van der Waals surface area contributed by atoms with Crippen molar-refractivity contribution in [1.82, 2.24) is 0 Å². The van der Waals surface area contributed by atoms with Gasteiger partial charge in [0, 0.05) is 12.1 Å². The maximum Gasteiger partial charge on any atom is 0.576 e. The predicted octanol–water partition coefficient (Wildman–Crippen LogP) is 5.85. The fourth-order valence-corrected chi connectivity index (χ4v) is 3.00. The summed E-state index contributed by atoms with van der Waals surface area (Å²) in [4.78, 5) is 0. The number of rotatable bonds is 10. The van der Waals surface area contributed by atoms with Gasteiger partial charge in [-0.15, -0.1) is 0 Å². The van der Waals surface area contributed by atoms with Gasteiger partial charge >= 0.3 is 7.69 Å². The summed E-state index contributed by atoms with van der Waals surface area (Å²) in [6.45, 7) is 0.470. The van der Waals surface area contributed by atoms with Crippen LogP contribution in [0.25, 0.3) is 0 Å². The molecule has 0 saturated heterocycles. The molecular formula is C26H21BF2O4. The van der Waals surface area contributed by atoms with Gasteiger partial charge in [-0.05, 0) is 35.4 Å². The summed E-state index contributed by atoms with van der Waals surface area (Å²) in [5, 5.41) is 0. The topological polar surface area (TPSA) is 36.9 Å². The molecule has 4 aromatic rings. The fourth-order valence-electron chi connectivity index (χ4n) is 3.00. The van der Waals surface area contributed by atoms with Crippen molar-refractivity contribution >= 4 is 7.69 Å². The van der Waals surface area contributed by atoms with Crippen LogP contribution < -0.4 is 18.8 Å². The van der Waals surface area contributed by atoms with Gasteiger partial charge in [0.15, 0.2) is 23.1 Å². The van der Waals surface area contributed by atoms with E-state index >= 15 is 0 Å². The van der Waals surface area contributed by atoms with E-state index in [9.17, 15) is 8.78 Å². The van der Waals surface area contributed by atoms with E-state index in [4.69, 9.17) is 18.8 Å². The Morgan fingerprint density at radius 1 is 0.545 bits per heavy atom. The third kappa shape index (κ3) is 6.49. The van der Waals surface area contributed by atoms with Crippen LogP contribution in [0.3, 0.4) is 0 Å². The molecule has 33 heavy (non-hydrogen) atoms. The molecule has 0 aliphatic carbocycles. The summed E-state index contributed by atoms with van der Waals surface area (Å²) in [6, 6.07) is 27.3. The maximum atomic E-state index is 14.1. The molecule has 0 atom stereocenters. The molecule has 0 fully saturated rings. The third-order valence-electron chi connectivity index (χ3n) is 4.73. The Morgan fingerprint density at radius 2 is 0.970 bits per heavy atom. The van der Waals surface area contributed by atoms with Crippen LogP contribution in [0.15, 0.2) is 97.1 Å². The predicted molar refractivity (Wildman–Crippen MR) is 123 cm³/mol. The van der Waals surface area contributed by atoms with Gasteiger partial charge in [-0.1, -0.05) is 60.7 Å². The quantitative estimate of drug-likeness (QED) is 0.287. The summed E-state index contributed by atoms with van der Waals surface area (Å²) >= 11 is 0. The van der Waals surface area contributed by atoms with Crippen molar-refractivity contribution in [3.05, 3.63) is 120 Å². The number of hydrogen-bond donors (Lipinski definition) is 0. The van der Waals surface area contributed by atoms with Crippen molar-refractivity contribution in [2.75, 3.05) is 0 Å². The monoisotopic (exact) mass is 446 g/mol. The Bertz CT molecular complexity index is 1080. The van der Waals surface area contributed by atoms with Gasteiger partial charge in [0.1, 0.15) is 24.7 Å². The molecule has 0 heterocycles. The van der Waals surface area contributed by atoms with E-state index < -0.39 is 11.6 Å². The Kier molecular flexibility index (Phi) is 7.43. The summed E-state index contributed by atoms with van der Waals surface area (Å²) in [7, 11) is -0.159. The molecule has 4 rings (SSSR count). The Balaban J connectivity index is 1.31. The minimum atomic E-state index is -0.488. The third-order valence-corrected chi connectivity index (χ3v) is 4.73. The van der Waals surface area contributed by atoms with E-state index in [2.05, 4.69) is 0 Å². The van der Waals surface area contributed by atoms with Crippen LogP contribution in [0.1, 0.15) is 11.1 Å². The molecule has 0 N–H and O–H groups in total. The minimum absolute atomic E-state index is 0.0785. The highest BCUT2D eigenvalue weighted by Gasteiger charge is 2.10. The second-order valence-corrected chi connectivity index (χ2v) is 7.14. The smallest absolute Gasteiger partial charge is 0.528 e. The van der Waals surface area contributed by atoms with Crippen molar-refractivity contribution < 1.29 is 27.6 Å². The van der Waals surface area contributed by atoms with Crippen LogP contribution >= 0.6 is 0 Å². The second-order valence-electron chi connectivity index (χ2n) is 7.14. The van der Waals surface area contributed by atoms with Gasteiger partial charge < -0.3 is 18.8 Å². The molecule has 0 radical (unpaired) electrons. The Morgan fingerprint density at radius 3 is 1.39 bits per heavy atom. The lowest BCUT2D eigenvalue weighted by atomic mass is 10.2. The van der Waals surface area contributed by atoms with E-state index in [1.807, 2.05) is 60.7 Å². The highest BCUT2D eigenvalue weighted by atomic mass is 19.1. The number of ether oxygens (including phenoxy) is 2. The normalized spacial score (nSPS) is 10.4. The minimum Gasteiger partial charge on any atom is -0.528 e. The first-order valence-corrected chi connectivity index (χ1v) is 10.4. The number of benzene rings is 4. The van der Waals surface area contributed by atoms with Gasteiger partial charge in [-0.25, -0.2) is 8.78 Å². The molecule has 166 valence electrons. The van der Waals surface area contributed by atoms with Crippen molar-refractivity contribution in [1.29, 1.82) is 0 Å². The van der Waals surface area contributed by atoms with Gasteiger partial charge in [0.2, 0.25) is 0 Å². The zero-order chi connectivity index (χ0) is 22.9. The first-order chi connectivity index (χ1) is 16.2. The van der Waals surface area contributed by atoms with Crippen molar-refractivity contribution in [2.24, 2.45) is 0 Å². The summed E-state index contributed by atoms with van der Waals surface area (Å²) in [5.41, 5.74) is 1.85. The highest BCUT2D eigenvalue weighted by Crippen LogP contribution is 2.26. The van der Waals surface area contributed by atoms with Crippen LogP contribution in [0, 0.1) is 11.6 Å². The summed E-state index contributed by atoms with van der Waals surface area (Å²) in [6.07, 6.45) is 0. The lowest BCUT2D eigenvalue weighted by Crippen LogP contribution is -2.11. The zero-order valence-corrected chi connectivity index (χ0v) is 17.7. The van der Waals surface area contributed by atoms with E-state index in [0.717, 1.165) is 11.1 Å². The molecule has 7 heteroatoms. The second kappa shape index (κ2) is 11.0. The summed E-state index contributed by atoms with van der Waals surface area (Å²) < 4.78 is 50.4. The lowest BCUT2D eigenvalue weighted by Gasteiger charge is -2.12. The SMILES string of the molecule is Fc1ccc(OBOc2ccc(F)c(OCc3ccccc3)c2)cc1OCc1ccccc1. The average Bonchev–Trinajstić information content (AvgIpc) is 2.85. The first kappa shape index (κ1) is 22.2. The fraction of sp³-hybridized carbons (Fsp3) is 0.0769. The van der Waals surface area contributed by atoms with Gasteiger partial charge in [-0.3, -0.25) is 0 Å². The Hall–Kier alpha value is -4.00. The zero-order valence-electron chi connectivity index (χ0n) is 17.7. The van der Waals surface area contributed by atoms with Gasteiger partial charge in [0.05, 0.1) is 0 Å². The average molecular weight is 446 g/mol. The van der Waals surface area contributed by atoms with Crippen molar-refractivity contribution in [3.63, 3.8) is 0 Å². The van der Waals surface area contributed by atoms with Crippen LogP contribution in [-0.4, -0.2) is 7.69 Å². The molecule has 4 aromatic carbocycles. The van der Waals surface area contributed by atoms with E-state index in [1.165, 1.54) is 36.4 Å². The van der Waals surface area contributed by atoms with E-state index in [0.29, 0.717) is 11.5 Å². The highest BCUT2D eigenvalue weighted by molar-refractivity contribution is 6.20. The van der Waals surface area contributed by atoms with E-state index in [1.54, 1.807) is 0 Å². The summed E-state index contributed by atoms with van der Waals surface area (Å²) in [5.74, 6) is -0.0652. The largest absolute Gasteiger partial charge is 0.576 e. The molecule has 4 nitrogen and oxygen atoms in total. The molecule has 0 saturated carbocycles. The molecule has 0 aromatic heterocycles. The van der Waals surface area contributed by atoms with Gasteiger partial charge in [0.25, 0.3) is 0 Å². The number of halogens is 2. The van der Waals surface area contributed by atoms with Crippen molar-refractivity contribution in [3.8, 4) is 23.0 Å². The van der Waals surface area contributed by atoms with Crippen LogP contribution in [-0.2, 0) is 13.2 Å². The van der Waals surface area contributed by atoms with Gasteiger partial charge in [-0.2, -0.15) is 0 Å². The molecule has 0 aliphatic heterocycles.